The van der Waals surface area contributed by atoms with E-state index in [1.54, 1.807) is 18.2 Å². The van der Waals surface area contributed by atoms with Crippen LogP contribution in [-0.4, -0.2) is 60.9 Å². The maximum Gasteiger partial charge on any atom is 0.255 e. The number of hydrogen-bond acceptors (Lipinski definition) is 5. The first-order valence-corrected chi connectivity index (χ1v) is 14.5. The first-order chi connectivity index (χ1) is 19.9. The molecule has 4 N–H and O–H groups in total. The summed E-state index contributed by atoms with van der Waals surface area (Å²) in [5.41, 5.74) is 10.2. The Bertz CT molecular complexity index is 1380. The summed E-state index contributed by atoms with van der Waals surface area (Å²) in [5.74, 6) is -0.362. The Kier molecular flexibility index (Phi) is 8.99. The zero-order valence-corrected chi connectivity index (χ0v) is 23.6. The van der Waals surface area contributed by atoms with Crippen LogP contribution in [-0.2, 0) is 0 Å². The minimum absolute atomic E-state index is 0.0313. The lowest BCUT2D eigenvalue weighted by Crippen LogP contribution is -2.40. The summed E-state index contributed by atoms with van der Waals surface area (Å²) in [6.45, 7) is 4.53. The molecule has 0 atom stereocenters. The van der Waals surface area contributed by atoms with Gasteiger partial charge in [0.05, 0.1) is 11.4 Å². The molecule has 2 aliphatic rings. The normalized spacial score (nSPS) is 19.3. The molecular weight excluding hydrogens is 514 g/mol. The first-order valence-electron chi connectivity index (χ1n) is 14.5. The molecule has 1 saturated heterocycles. The first kappa shape index (κ1) is 28.4. The van der Waals surface area contributed by atoms with Gasteiger partial charge in [0.2, 0.25) is 0 Å². The van der Waals surface area contributed by atoms with Gasteiger partial charge in [-0.05, 0) is 81.5 Å². The maximum absolute atomic E-state index is 13.2. The summed E-state index contributed by atoms with van der Waals surface area (Å²) < 4.78 is 0. The topological polar surface area (TPSA) is 108 Å². The van der Waals surface area contributed by atoms with E-state index < -0.39 is 0 Å². The maximum atomic E-state index is 13.2. The summed E-state index contributed by atoms with van der Waals surface area (Å²) >= 11 is 0. The summed E-state index contributed by atoms with van der Waals surface area (Å²) in [4.78, 5) is 43.7. The van der Waals surface area contributed by atoms with Crippen LogP contribution in [0.15, 0.2) is 72.8 Å². The number of aryl methyl sites for hydroxylation is 1. The van der Waals surface area contributed by atoms with E-state index in [2.05, 4.69) is 15.5 Å². The Morgan fingerprint density at radius 1 is 0.756 bits per heavy atom. The summed E-state index contributed by atoms with van der Waals surface area (Å²) in [7, 11) is 0. The van der Waals surface area contributed by atoms with Crippen LogP contribution in [0.1, 0.15) is 68.7 Å². The van der Waals surface area contributed by atoms with Crippen LogP contribution in [0.3, 0.4) is 0 Å². The molecule has 1 saturated carbocycles. The van der Waals surface area contributed by atoms with E-state index >= 15 is 0 Å². The van der Waals surface area contributed by atoms with Crippen molar-refractivity contribution in [2.45, 2.75) is 51.1 Å². The average molecular weight is 554 g/mol. The zero-order valence-electron chi connectivity index (χ0n) is 23.6. The quantitative estimate of drug-likeness (QED) is 0.414. The van der Waals surface area contributed by atoms with Crippen molar-refractivity contribution in [1.82, 2.24) is 10.2 Å². The van der Waals surface area contributed by atoms with Crippen LogP contribution in [0, 0.1) is 6.92 Å². The fraction of sp³-hybridized carbons (Fsp3) is 0.364. The molecule has 1 aliphatic carbocycles. The van der Waals surface area contributed by atoms with Crippen molar-refractivity contribution < 1.29 is 14.4 Å². The number of benzene rings is 3. The molecule has 0 bridgehead atoms. The van der Waals surface area contributed by atoms with Crippen molar-refractivity contribution in [3.63, 3.8) is 0 Å². The number of nitrogens with one attached hydrogen (secondary N) is 2. The van der Waals surface area contributed by atoms with Crippen molar-refractivity contribution in [3.8, 4) is 0 Å². The predicted molar refractivity (Wildman–Crippen MR) is 162 cm³/mol. The summed E-state index contributed by atoms with van der Waals surface area (Å²) in [5, 5.41) is 6.21. The van der Waals surface area contributed by atoms with Crippen molar-refractivity contribution >= 4 is 29.1 Å². The molecule has 1 heterocycles. The average Bonchev–Trinajstić information content (AvgIpc) is 3.25. The molecule has 0 spiro atoms. The van der Waals surface area contributed by atoms with Gasteiger partial charge in [0, 0.05) is 55.0 Å². The predicted octanol–water partition coefficient (Wildman–Crippen LogP) is 4.60. The molecule has 2 fully saturated rings. The van der Waals surface area contributed by atoms with Crippen LogP contribution >= 0.6 is 0 Å². The molecule has 1 aliphatic heterocycles. The highest BCUT2D eigenvalue weighted by Gasteiger charge is 2.25. The molecule has 8 heteroatoms. The third kappa shape index (κ3) is 7.13. The van der Waals surface area contributed by atoms with Gasteiger partial charge in [-0.25, -0.2) is 0 Å². The molecule has 0 radical (unpaired) electrons. The third-order valence-electron chi connectivity index (χ3n) is 8.04. The number of nitrogens with zero attached hydrogens (tertiary/aromatic N) is 2. The van der Waals surface area contributed by atoms with E-state index in [-0.39, 0.29) is 29.8 Å². The van der Waals surface area contributed by atoms with Gasteiger partial charge >= 0.3 is 0 Å². The number of amides is 3. The number of carbonyl (C=O) groups is 3. The minimum Gasteiger partial charge on any atom is -0.368 e. The van der Waals surface area contributed by atoms with E-state index in [9.17, 15) is 14.4 Å². The number of hydrogen-bond donors (Lipinski definition) is 3. The molecule has 8 nitrogen and oxygen atoms in total. The molecule has 41 heavy (non-hydrogen) atoms. The van der Waals surface area contributed by atoms with Crippen molar-refractivity contribution in [2.75, 3.05) is 36.4 Å². The van der Waals surface area contributed by atoms with Crippen LogP contribution < -0.4 is 21.3 Å². The second kappa shape index (κ2) is 13.0. The van der Waals surface area contributed by atoms with E-state index in [0.717, 1.165) is 49.9 Å². The lowest BCUT2D eigenvalue weighted by atomic mass is 9.91. The number of nitrogens with two attached hydrogens (primary N) is 1. The molecule has 3 aromatic rings. The van der Waals surface area contributed by atoms with Crippen LogP contribution in [0.25, 0.3) is 0 Å². The van der Waals surface area contributed by atoms with Gasteiger partial charge in [0.25, 0.3) is 17.7 Å². The second-order valence-electron chi connectivity index (χ2n) is 11.1. The lowest BCUT2D eigenvalue weighted by molar-refractivity contribution is 0.0766. The lowest BCUT2D eigenvalue weighted by Gasteiger charge is -2.28. The van der Waals surface area contributed by atoms with Gasteiger partial charge in [-0.1, -0.05) is 35.9 Å². The van der Waals surface area contributed by atoms with Crippen LogP contribution in [0.5, 0.6) is 0 Å². The van der Waals surface area contributed by atoms with Crippen molar-refractivity contribution in [3.05, 3.63) is 95.1 Å². The number of rotatable bonds is 6. The Morgan fingerprint density at radius 2 is 1.51 bits per heavy atom. The highest BCUT2D eigenvalue weighted by atomic mass is 16.2. The molecule has 3 amide bonds. The van der Waals surface area contributed by atoms with Gasteiger partial charge < -0.3 is 26.2 Å². The van der Waals surface area contributed by atoms with E-state index in [1.165, 1.54) is 0 Å². The highest BCUT2D eigenvalue weighted by Crippen LogP contribution is 2.30. The standard InChI is InChI=1S/C33H39N5O3/c1-23-7-5-10-26(21-23)33(41)38-18-6-17-37(19-20-38)30-16-11-25(32(40)35-28-14-12-27(34)13-15-28)22-29(30)36-31(39)24-8-3-2-4-9-24/h2-5,7-11,16,21-22,27-28H,6,12-15,17-20,34H2,1H3,(H,35,40)(H,36,39). The Labute approximate surface area is 241 Å². The Balaban J connectivity index is 1.35. The molecule has 214 valence electrons. The second-order valence-corrected chi connectivity index (χ2v) is 11.1. The van der Waals surface area contributed by atoms with Crippen LogP contribution in [0.2, 0.25) is 0 Å². The van der Waals surface area contributed by atoms with Crippen LogP contribution in [0.4, 0.5) is 11.4 Å². The fourth-order valence-electron chi connectivity index (χ4n) is 5.69. The van der Waals surface area contributed by atoms with Gasteiger partial charge in [0.15, 0.2) is 0 Å². The van der Waals surface area contributed by atoms with Gasteiger partial charge in [-0.3, -0.25) is 14.4 Å². The highest BCUT2D eigenvalue weighted by molar-refractivity contribution is 6.07. The smallest absolute Gasteiger partial charge is 0.255 e. The third-order valence-corrected chi connectivity index (χ3v) is 8.04. The van der Waals surface area contributed by atoms with E-state index in [0.29, 0.717) is 42.0 Å². The van der Waals surface area contributed by atoms with Gasteiger partial charge in [-0.15, -0.1) is 0 Å². The van der Waals surface area contributed by atoms with Crippen molar-refractivity contribution in [2.24, 2.45) is 5.73 Å². The molecule has 0 aromatic heterocycles. The summed E-state index contributed by atoms with van der Waals surface area (Å²) in [6, 6.07) is 22.5. The number of carbonyl (C=O) groups excluding carboxylic acids is 3. The fourth-order valence-corrected chi connectivity index (χ4v) is 5.69. The minimum atomic E-state index is -0.239. The number of anilines is 2. The molecule has 3 aromatic carbocycles. The van der Waals surface area contributed by atoms with Gasteiger partial charge in [0.1, 0.15) is 0 Å². The zero-order chi connectivity index (χ0) is 28.8. The largest absolute Gasteiger partial charge is 0.368 e. The molecule has 5 rings (SSSR count). The van der Waals surface area contributed by atoms with Crippen molar-refractivity contribution in [1.29, 1.82) is 0 Å². The Morgan fingerprint density at radius 3 is 2.27 bits per heavy atom. The SMILES string of the molecule is Cc1cccc(C(=O)N2CCCN(c3ccc(C(=O)NC4CCC(N)CC4)cc3NC(=O)c3ccccc3)CC2)c1. The molecule has 0 unspecified atom stereocenters. The summed E-state index contributed by atoms with van der Waals surface area (Å²) in [6.07, 6.45) is 4.33. The van der Waals surface area contributed by atoms with Gasteiger partial charge in [-0.2, -0.15) is 0 Å². The van der Waals surface area contributed by atoms with E-state index in [1.807, 2.05) is 66.4 Å². The monoisotopic (exact) mass is 553 g/mol. The van der Waals surface area contributed by atoms with E-state index in [4.69, 9.17) is 5.73 Å². The Hall–Kier alpha value is -4.17. The molecular formula is C33H39N5O3.